The first-order valence-electron chi connectivity index (χ1n) is 9.50. The van der Waals surface area contributed by atoms with E-state index in [2.05, 4.69) is 46.4 Å². The zero-order valence-electron chi connectivity index (χ0n) is 16.9. The minimum absolute atomic E-state index is 0.257. The summed E-state index contributed by atoms with van der Waals surface area (Å²) in [5, 5.41) is 0. The maximum atomic E-state index is 13.8. The maximum Gasteiger partial charge on any atom is 0.152 e. The molecule has 0 aliphatic rings. The molecule has 2 N–H and O–H groups in total. The van der Waals surface area contributed by atoms with Gasteiger partial charge in [-0.05, 0) is 41.5 Å². The Hall–Kier alpha value is -2.10. The Bertz CT molecular complexity index is 728. The van der Waals surface area contributed by atoms with Crippen molar-refractivity contribution in [2.75, 3.05) is 23.7 Å². The fourth-order valence-electron chi connectivity index (χ4n) is 3.12. The zero-order chi connectivity index (χ0) is 19.4. The number of benzene rings is 1. The number of pyridine rings is 1. The Balaban J connectivity index is 2.63. The lowest BCUT2D eigenvalue weighted by Crippen LogP contribution is -2.33. The predicted octanol–water partition coefficient (Wildman–Crippen LogP) is 5.71. The molecule has 1 aromatic carbocycles. The van der Waals surface area contributed by atoms with Gasteiger partial charge in [0, 0.05) is 24.3 Å². The van der Waals surface area contributed by atoms with Crippen LogP contribution >= 0.6 is 0 Å². The molecule has 4 heteroatoms. The summed E-state index contributed by atoms with van der Waals surface area (Å²) in [6.07, 6.45) is 0. The molecule has 0 fully saturated rings. The number of nitrogens with zero attached hydrogens (tertiary/aromatic N) is 2. The molecule has 0 aliphatic carbocycles. The molecule has 0 atom stereocenters. The number of aromatic nitrogens is 1. The zero-order valence-corrected chi connectivity index (χ0v) is 16.9. The first-order chi connectivity index (χ1) is 12.2. The van der Waals surface area contributed by atoms with Crippen LogP contribution in [0, 0.1) is 17.7 Å². The van der Waals surface area contributed by atoms with Gasteiger partial charge in [-0.1, -0.05) is 53.7 Å². The molecular formula is C22H32FN3. The molecule has 0 radical (unpaired) electrons. The smallest absolute Gasteiger partial charge is 0.152 e. The second-order valence-corrected chi connectivity index (χ2v) is 8.19. The van der Waals surface area contributed by atoms with E-state index < -0.39 is 0 Å². The van der Waals surface area contributed by atoms with E-state index in [-0.39, 0.29) is 11.7 Å². The van der Waals surface area contributed by atoms with Crippen molar-refractivity contribution in [3.8, 4) is 11.1 Å². The van der Waals surface area contributed by atoms with Crippen molar-refractivity contribution in [1.82, 2.24) is 4.98 Å². The molecular weight excluding hydrogens is 325 g/mol. The molecule has 3 nitrogen and oxygen atoms in total. The van der Waals surface area contributed by atoms with Crippen molar-refractivity contribution in [1.29, 1.82) is 0 Å². The monoisotopic (exact) mass is 357 g/mol. The summed E-state index contributed by atoms with van der Waals surface area (Å²) in [6, 6.07) is 8.61. The number of nitrogen functional groups attached to an aromatic ring is 1. The molecule has 142 valence electrons. The Labute approximate surface area is 157 Å². The fourth-order valence-corrected chi connectivity index (χ4v) is 3.12. The Morgan fingerprint density at radius 2 is 1.62 bits per heavy atom. The van der Waals surface area contributed by atoms with Crippen LogP contribution in [0.2, 0.25) is 0 Å². The molecule has 0 amide bonds. The van der Waals surface area contributed by atoms with Gasteiger partial charge < -0.3 is 10.6 Å². The van der Waals surface area contributed by atoms with Crippen LogP contribution < -0.4 is 10.6 Å². The summed E-state index contributed by atoms with van der Waals surface area (Å²) in [6.45, 7) is 14.8. The highest BCUT2D eigenvalue weighted by Crippen LogP contribution is 2.36. The van der Waals surface area contributed by atoms with Crippen LogP contribution in [0.4, 0.5) is 15.9 Å². The first kappa shape index (κ1) is 20.2. The Kier molecular flexibility index (Phi) is 6.63. The van der Waals surface area contributed by atoms with Crippen LogP contribution in [-0.2, 0) is 0 Å². The highest BCUT2D eigenvalue weighted by molar-refractivity contribution is 5.84. The molecule has 1 heterocycles. The van der Waals surface area contributed by atoms with Crippen LogP contribution in [-0.4, -0.2) is 18.1 Å². The molecule has 0 saturated heterocycles. The van der Waals surface area contributed by atoms with Gasteiger partial charge in [0.05, 0.1) is 5.69 Å². The third-order valence-electron chi connectivity index (χ3n) is 4.26. The van der Waals surface area contributed by atoms with E-state index in [4.69, 9.17) is 10.7 Å². The normalized spacial score (nSPS) is 11.6. The number of halogens is 1. The van der Waals surface area contributed by atoms with Crippen molar-refractivity contribution < 1.29 is 4.39 Å². The molecule has 2 aromatic rings. The minimum atomic E-state index is -0.257. The van der Waals surface area contributed by atoms with Gasteiger partial charge in [0.15, 0.2) is 5.82 Å². The van der Waals surface area contributed by atoms with Gasteiger partial charge in [0.1, 0.15) is 5.82 Å². The number of rotatable bonds is 7. The topological polar surface area (TPSA) is 42.2 Å². The summed E-state index contributed by atoms with van der Waals surface area (Å²) >= 11 is 0. The van der Waals surface area contributed by atoms with Crippen molar-refractivity contribution in [3.63, 3.8) is 0 Å². The van der Waals surface area contributed by atoms with Crippen LogP contribution in [0.1, 0.15) is 53.2 Å². The van der Waals surface area contributed by atoms with E-state index >= 15 is 0 Å². The molecule has 26 heavy (non-hydrogen) atoms. The van der Waals surface area contributed by atoms with Crippen LogP contribution in [0.15, 0.2) is 30.3 Å². The van der Waals surface area contributed by atoms with Gasteiger partial charge >= 0.3 is 0 Å². The van der Waals surface area contributed by atoms with E-state index in [9.17, 15) is 4.39 Å². The molecule has 0 bridgehead atoms. The van der Waals surface area contributed by atoms with E-state index in [1.54, 1.807) is 6.07 Å². The molecule has 0 unspecified atom stereocenters. The van der Waals surface area contributed by atoms with Gasteiger partial charge in [-0.3, -0.25) is 0 Å². The highest BCUT2D eigenvalue weighted by atomic mass is 19.1. The lowest BCUT2D eigenvalue weighted by Gasteiger charge is -2.30. The summed E-state index contributed by atoms with van der Waals surface area (Å²) in [4.78, 5) is 7.17. The quantitative estimate of drug-likeness (QED) is 0.690. The molecule has 1 aromatic heterocycles. The average molecular weight is 358 g/mol. The van der Waals surface area contributed by atoms with Crippen molar-refractivity contribution in [2.24, 2.45) is 11.8 Å². The van der Waals surface area contributed by atoms with Gasteiger partial charge in [-0.2, -0.15) is 0 Å². The second kappa shape index (κ2) is 8.52. The summed E-state index contributed by atoms with van der Waals surface area (Å²) in [5.41, 5.74) is 9.81. The van der Waals surface area contributed by atoms with E-state index in [1.165, 1.54) is 12.1 Å². The molecule has 0 saturated carbocycles. The van der Waals surface area contributed by atoms with E-state index in [0.29, 0.717) is 17.5 Å². The predicted molar refractivity (Wildman–Crippen MR) is 110 cm³/mol. The summed E-state index contributed by atoms with van der Waals surface area (Å²) in [5.74, 6) is 1.82. The van der Waals surface area contributed by atoms with Gasteiger partial charge in [0.25, 0.3) is 0 Å². The Morgan fingerprint density at radius 3 is 2.12 bits per heavy atom. The maximum absolute atomic E-state index is 13.8. The van der Waals surface area contributed by atoms with Crippen LogP contribution in [0.25, 0.3) is 11.1 Å². The molecule has 2 rings (SSSR count). The average Bonchev–Trinajstić information content (AvgIpc) is 2.53. The van der Waals surface area contributed by atoms with Crippen molar-refractivity contribution in [2.45, 2.75) is 47.5 Å². The number of anilines is 2. The highest BCUT2D eigenvalue weighted by Gasteiger charge is 2.20. The third kappa shape index (κ3) is 4.96. The van der Waals surface area contributed by atoms with Crippen molar-refractivity contribution >= 4 is 11.5 Å². The molecule has 0 spiro atoms. The lowest BCUT2D eigenvalue weighted by molar-refractivity contribution is 0.548. The van der Waals surface area contributed by atoms with Crippen LogP contribution in [0.3, 0.4) is 0 Å². The third-order valence-corrected chi connectivity index (χ3v) is 4.26. The number of hydrogen-bond donors (Lipinski definition) is 1. The number of hydrogen-bond acceptors (Lipinski definition) is 3. The van der Waals surface area contributed by atoms with Crippen LogP contribution in [0.5, 0.6) is 0 Å². The standard InChI is InChI=1S/C22H32FN3/c1-14(2)12-26(13-15(3)4)22-21(24)19(11-20(25-22)16(5)6)17-8-7-9-18(23)10-17/h7-11,14-16H,12-13,24H2,1-6H3. The van der Waals surface area contributed by atoms with E-state index in [1.807, 2.05) is 12.1 Å². The Morgan fingerprint density at radius 1 is 1.00 bits per heavy atom. The minimum Gasteiger partial charge on any atom is -0.395 e. The van der Waals surface area contributed by atoms with Gasteiger partial charge in [-0.25, -0.2) is 9.37 Å². The lowest BCUT2D eigenvalue weighted by atomic mass is 9.99. The van der Waals surface area contributed by atoms with Crippen molar-refractivity contribution in [3.05, 3.63) is 41.8 Å². The first-order valence-corrected chi connectivity index (χ1v) is 9.50. The molecule has 0 aliphatic heterocycles. The number of nitrogens with two attached hydrogens (primary N) is 1. The van der Waals surface area contributed by atoms with E-state index in [0.717, 1.165) is 35.7 Å². The van der Waals surface area contributed by atoms with Gasteiger partial charge in [-0.15, -0.1) is 0 Å². The largest absolute Gasteiger partial charge is 0.395 e. The van der Waals surface area contributed by atoms with Gasteiger partial charge in [0.2, 0.25) is 0 Å². The SMILES string of the molecule is CC(C)CN(CC(C)C)c1nc(C(C)C)cc(-c2cccc(F)c2)c1N. The second-order valence-electron chi connectivity index (χ2n) is 8.19. The summed E-state index contributed by atoms with van der Waals surface area (Å²) in [7, 11) is 0. The summed E-state index contributed by atoms with van der Waals surface area (Å²) < 4.78 is 13.8. The fraction of sp³-hybridized carbons (Fsp3) is 0.500.